The van der Waals surface area contributed by atoms with E-state index in [9.17, 15) is 4.79 Å². The highest BCUT2D eigenvalue weighted by molar-refractivity contribution is 5.84. The van der Waals surface area contributed by atoms with Gasteiger partial charge in [-0.25, -0.2) is 4.79 Å². The number of anilines is 1. The summed E-state index contributed by atoms with van der Waals surface area (Å²) in [4.78, 5) is 14.2. The number of hydrogen-bond donors (Lipinski definition) is 0. The molecule has 2 heterocycles. The predicted octanol–water partition coefficient (Wildman–Crippen LogP) is 2.81. The van der Waals surface area contributed by atoms with E-state index >= 15 is 0 Å². The fourth-order valence-corrected chi connectivity index (χ4v) is 3.79. The number of benzene rings is 2. The van der Waals surface area contributed by atoms with Crippen molar-refractivity contribution in [2.45, 2.75) is 12.0 Å². The van der Waals surface area contributed by atoms with E-state index in [1.165, 1.54) is 11.1 Å². The lowest BCUT2D eigenvalue weighted by Crippen LogP contribution is -2.46. The van der Waals surface area contributed by atoms with Gasteiger partial charge in [0.1, 0.15) is 6.04 Å². The largest absolute Gasteiger partial charge is 0.464 e. The maximum absolute atomic E-state index is 12.1. The van der Waals surface area contributed by atoms with Gasteiger partial charge >= 0.3 is 5.97 Å². The Hall–Kier alpha value is -2.29. The van der Waals surface area contributed by atoms with Crippen LogP contribution in [-0.2, 0) is 9.53 Å². The van der Waals surface area contributed by atoms with Gasteiger partial charge in [-0.3, -0.25) is 0 Å². The minimum absolute atomic E-state index is 0.0991. The molecular weight excluding hydrogens is 262 g/mol. The van der Waals surface area contributed by atoms with Crippen molar-refractivity contribution < 1.29 is 9.53 Å². The van der Waals surface area contributed by atoms with E-state index in [1.807, 2.05) is 19.2 Å². The second-order valence-electron chi connectivity index (χ2n) is 5.80. The van der Waals surface area contributed by atoms with Gasteiger partial charge in [-0.2, -0.15) is 0 Å². The first-order valence-electron chi connectivity index (χ1n) is 7.30. The summed E-state index contributed by atoms with van der Waals surface area (Å²) < 4.78 is 5.37. The van der Waals surface area contributed by atoms with Crippen LogP contribution in [0.2, 0.25) is 0 Å². The molecule has 1 saturated heterocycles. The van der Waals surface area contributed by atoms with Gasteiger partial charge in [-0.1, -0.05) is 48.5 Å². The Kier molecular flexibility index (Phi) is 2.74. The fourth-order valence-electron chi connectivity index (χ4n) is 3.79. The summed E-state index contributed by atoms with van der Waals surface area (Å²) in [5.41, 5.74) is 3.67. The molecule has 0 N–H and O–H groups in total. The first-order chi connectivity index (χ1) is 10.3. The molecule has 0 amide bonds. The van der Waals surface area contributed by atoms with E-state index in [-0.39, 0.29) is 23.8 Å². The van der Waals surface area contributed by atoms with Gasteiger partial charge in [0, 0.05) is 24.6 Å². The zero-order valence-electron chi connectivity index (χ0n) is 11.9. The molecule has 2 aliphatic rings. The molecule has 1 fully saturated rings. The van der Waals surface area contributed by atoms with Crippen LogP contribution < -0.4 is 4.90 Å². The van der Waals surface area contributed by atoms with Crippen LogP contribution in [0.1, 0.15) is 17.0 Å². The average Bonchev–Trinajstić information content (AvgIpc) is 2.91. The van der Waals surface area contributed by atoms with Crippen molar-refractivity contribution in [1.82, 2.24) is 0 Å². The van der Waals surface area contributed by atoms with Crippen molar-refractivity contribution in [2.75, 3.05) is 18.6 Å². The number of carbonyl (C=O) groups is 1. The molecule has 2 aliphatic heterocycles. The Morgan fingerprint density at radius 1 is 1.05 bits per heavy atom. The molecule has 3 atom stereocenters. The van der Waals surface area contributed by atoms with Gasteiger partial charge in [0.15, 0.2) is 0 Å². The van der Waals surface area contributed by atoms with E-state index < -0.39 is 0 Å². The first kappa shape index (κ1) is 12.5. The minimum Gasteiger partial charge on any atom is -0.464 e. The number of esters is 1. The van der Waals surface area contributed by atoms with Crippen LogP contribution in [0, 0.1) is 5.92 Å². The maximum atomic E-state index is 12.1. The van der Waals surface area contributed by atoms with Gasteiger partial charge in [0.05, 0.1) is 6.61 Å². The lowest BCUT2D eigenvalue weighted by atomic mass is 9.74. The Labute approximate surface area is 124 Å². The third-order valence-corrected chi connectivity index (χ3v) is 4.72. The summed E-state index contributed by atoms with van der Waals surface area (Å²) in [5.74, 6) is 0.299. The molecular formula is C18H17NO2. The Morgan fingerprint density at radius 2 is 1.76 bits per heavy atom. The van der Waals surface area contributed by atoms with Gasteiger partial charge in [-0.05, 0) is 17.2 Å². The van der Waals surface area contributed by atoms with Crippen molar-refractivity contribution in [2.24, 2.45) is 5.92 Å². The summed E-state index contributed by atoms with van der Waals surface area (Å²) in [6.07, 6.45) is 0. The van der Waals surface area contributed by atoms with E-state index in [1.54, 1.807) is 0 Å². The molecule has 0 radical (unpaired) electrons. The Bertz CT molecular complexity index is 683. The highest BCUT2D eigenvalue weighted by Gasteiger charge is 2.49. The molecule has 0 aliphatic carbocycles. The van der Waals surface area contributed by atoms with Crippen molar-refractivity contribution in [1.29, 1.82) is 0 Å². The zero-order valence-corrected chi connectivity index (χ0v) is 11.9. The normalized spacial score (nSPS) is 27.0. The number of para-hydroxylation sites is 1. The second-order valence-corrected chi connectivity index (χ2v) is 5.80. The summed E-state index contributed by atoms with van der Waals surface area (Å²) in [6.45, 7) is 0.502. The molecule has 2 aromatic carbocycles. The predicted molar refractivity (Wildman–Crippen MR) is 81.4 cm³/mol. The third-order valence-electron chi connectivity index (χ3n) is 4.72. The molecule has 0 saturated carbocycles. The third kappa shape index (κ3) is 1.77. The number of nitrogens with zero attached hydrogens (tertiary/aromatic N) is 1. The van der Waals surface area contributed by atoms with Crippen LogP contribution in [0.3, 0.4) is 0 Å². The second kappa shape index (κ2) is 4.62. The van der Waals surface area contributed by atoms with Crippen molar-refractivity contribution in [3.05, 3.63) is 65.7 Å². The Balaban J connectivity index is 1.91. The highest BCUT2D eigenvalue weighted by Crippen LogP contribution is 2.47. The zero-order chi connectivity index (χ0) is 14.4. The smallest absolute Gasteiger partial charge is 0.329 e. The number of rotatable bonds is 1. The SMILES string of the molecule is CN1c2ccccc2[C@@H](c2ccccc2)[C@@H]2COC(=O)[C@H]21. The van der Waals surface area contributed by atoms with Crippen LogP contribution in [0.15, 0.2) is 54.6 Å². The van der Waals surface area contributed by atoms with E-state index in [0.29, 0.717) is 6.61 Å². The van der Waals surface area contributed by atoms with E-state index in [0.717, 1.165) is 5.69 Å². The number of cyclic esters (lactones) is 1. The molecule has 0 unspecified atom stereocenters. The van der Waals surface area contributed by atoms with Crippen molar-refractivity contribution >= 4 is 11.7 Å². The fraction of sp³-hybridized carbons (Fsp3) is 0.278. The average molecular weight is 279 g/mol. The number of hydrogen-bond acceptors (Lipinski definition) is 3. The topological polar surface area (TPSA) is 29.5 Å². The van der Waals surface area contributed by atoms with Crippen LogP contribution in [0.5, 0.6) is 0 Å². The lowest BCUT2D eigenvalue weighted by Gasteiger charge is -2.40. The molecule has 0 aromatic heterocycles. The number of fused-ring (bicyclic) bond motifs is 2. The quantitative estimate of drug-likeness (QED) is 0.752. The van der Waals surface area contributed by atoms with Crippen LogP contribution in [-0.4, -0.2) is 25.7 Å². The maximum Gasteiger partial charge on any atom is 0.329 e. The van der Waals surface area contributed by atoms with Gasteiger partial charge in [0.25, 0.3) is 0 Å². The van der Waals surface area contributed by atoms with E-state index in [4.69, 9.17) is 4.74 Å². The summed E-state index contributed by atoms with van der Waals surface area (Å²) in [5, 5.41) is 0. The summed E-state index contributed by atoms with van der Waals surface area (Å²) in [7, 11) is 1.99. The van der Waals surface area contributed by atoms with Gasteiger partial charge in [0.2, 0.25) is 0 Å². The number of likely N-dealkylation sites (N-methyl/N-ethyl adjacent to an activating group) is 1. The molecule has 2 aromatic rings. The van der Waals surface area contributed by atoms with Gasteiger partial charge in [-0.15, -0.1) is 0 Å². The summed E-state index contributed by atoms with van der Waals surface area (Å²) >= 11 is 0. The molecule has 0 spiro atoms. The number of ether oxygens (including phenoxy) is 1. The monoisotopic (exact) mass is 279 g/mol. The first-order valence-corrected chi connectivity index (χ1v) is 7.30. The Morgan fingerprint density at radius 3 is 2.57 bits per heavy atom. The highest BCUT2D eigenvalue weighted by atomic mass is 16.5. The standard InChI is InChI=1S/C18H17NO2/c1-19-15-10-6-5-9-13(15)16(12-7-3-2-4-8-12)14-11-21-18(20)17(14)19/h2-10,14,16-17H,11H2,1H3/t14-,16+,17-/m0/s1. The molecule has 3 nitrogen and oxygen atoms in total. The van der Waals surface area contributed by atoms with Crippen molar-refractivity contribution in [3.8, 4) is 0 Å². The molecule has 106 valence electrons. The molecule has 0 bridgehead atoms. The van der Waals surface area contributed by atoms with Crippen molar-refractivity contribution in [3.63, 3.8) is 0 Å². The van der Waals surface area contributed by atoms with Crippen LogP contribution in [0.4, 0.5) is 5.69 Å². The lowest BCUT2D eigenvalue weighted by molar-refractivity contribution is -0.139. The molecule has 3 heteroatoms. The number of carbonyl (C=O) groups excluding carboxylic acids is 1. The summed E-state index contributed by atoms with van der Waals surface area (Å²) in [6, 6.07) is 18.6. The van der Waals surface area contributed by atoms with Crippen LogP contribution >= 0.6 is 0 Å². The van der Waals surface area contributed by atoms with E-state index in [2.05, 4.69) is 47.4 Å². The molecule has 21 heavy (non-hydrogen) atoms. The van der Waals surface area contributed by atoms with Gasteiger partial charge < -0.3 is 9.64 Å². The van der Waals surface area contributed by atoms with Crippen LogP contribution in [0.25, 0.3) is 0 Å². The minimum atomic E-state index is -0.176. The molecule has 4 rings (SSSR count).